The molecule has 0 aromatic heterocycles. The van der Waals surface area contributed by atoms with Crippen LogP contribution in [0.2, 0.25) is 0 Å². The SMILES string of the molecule is CO[C@@H]1C[C@H]2CC[C@]1(C(=O)N1C(=O)OC[C@@H]1c1cccc3ccccc13)C2(C)C. The molecule has 2 amide bonds. The standard InChI is InChI=1S/C24H27NO4/c1-23(2)16-11-12-24(23,20(13-16)28-3)21(26)25-19(14-29-22(25)27)18-10-6-8-15-7-4-5-9-17(15)18/h4-10,16,19-20H,11-14H2,1-3H3/t16-,19-,20-,24+/m1/s1. The Morgan fingerprint density at radius 3 is 2.69 bits per heavy atom. The number of fused-ring (bicyclic) bond motifs is 3. The van der Waals surface area contributed by atoms with E-state index in [0.717, 1.165) is 35.6 Å². The van der Waals surface area contributed by atoms with Crippen LogP contribution in [0.5, 0.6) is 0 Å². The maximum absolute atomic E-state index is 14.1. The predicted molar refractivity (Wildman–Crippen MR) is 109 cm³/mol. The van der Waals surface area contributed by atoms with Gasteiger partial charge in [-0.3, -0.25) is 4.79 Å². The minimum Gasteiger partial charge on any atom is -0.446 e. The molecule has 2 aromatic rings. The van der Waals surface area contributed by atoms with Crippen molar-refractivity contribution in [2.45, 2.75) is 45.3 Å². The Bertz CT molecular complexity index is 994. The third-order valence-electron chi connectivity index (χ3n) is 8.05. The number of amides is 2. The number of methoxy groups -OCH3 is 1. The number of carbonyl (C=O) groups is 2. The summed E-state index contributed by atoms with van der Waals surface area (Å²) in [7, 11) is 1.68. The minimum atomic E-state index is -0.682. The first kappa shape index (κ1) is 18.6. The van der Waals surface area contributed by atoms with Gasteiger partial charge in [0.1, 0.15) is 12.6 Å². The van der Waals surface area contributed by atoms with E-state index in [1.165, 1.54) is 4.90 Å². The molecule has 1 saturated heterocycles. The maximum atomic E-state index is 14.1. The molecule has 2 aromatic carbocycles. The molecule has 5 rings (SSSR count). The zero-order valence-corrected chi connectivity index (χ0v) is 17.2. The molecule has 4 atom stereocenters. The van der Waals surface area contributed by atoms with Crippen molar-refractivity contribution in [2.24, 2.45) is 16.7 Å². The third kappa shape index (κ3) is 2.31. The number of cyclic esters (lactones) is 1. The van der Waals surface area contributed by atoms with E-state index >= 15 is 0 Å². The van der Waals surface area contributed by atoms with Crippen LogP contribution in [0.15, 0.2) is 42.5 Å². The highest BCUT2D eigenvalue weighted by molar-refractivity contribution is 5.99. The average Bonchev–Trinajstić information content (AvgIpc) is 3.31. The molecule has 29 heavy (non-hydrogen) atoms. The summed E-state index contributed by atoms with van der Waals surface area (Å²) in [6, 6.07) is 13.7. The third-order valence-corrected chi connectivity index (χ3v) is 8.05. The summed E-state index contributed by atoms with van der Waals surface area (Å²) < 4.78 is 11.2. The van der Waals surface area contributed by atoms with E-state index in [-0.39, 0.29) is 24.0 Å². The molecule has 3 aliphatic rings. The van der Waals surface area contributed by atoms with Gasteiger partial charge in [0, 0.05) is 7.11 Å². The van der Waals surface area contributed by atoms with Crippen LogP contribution in [-0.4, -0.2) is 36.7 Å². The molecule has 5 heteroatoms. The number of carbonyl (C=O) groups excluding carboxylic acids is 2. The summed E-state index contributed by atoms with van der Waals surface area (Å²) in [6.45, 7) is 4.52. The lowest BCUT2D eigenvalue weighted by Crippen LogP contribution is -2.54. The van der Waals surface area contributed by atoms with Gasteiger partial charge in [-0.15, -0.1) is 0 Å². The zero-order chi connectivity index (χ0) is 20.4. The predicted octanol–water partition coefficient (Wildman–Crippen LogP) is 4.70. The monoisotopic (exact) mass is 393 g/mol. The van der Waals surface area contributed by atoms with Crippen LogP contribution in [0.4, 0.5) is 4.79 Å². The van der Waals surface area contributed by atoms with Gasteiger partial charge in [0.2, 0.25) is 5.91 Å². The molecule has 2 aliphatic carbocycles. The second-order valence-electron chi connectivity index (χ2n) is 9.22. The van der Waals surface area contributed by atoms with Crippen molar-refractivity contribution >= 4 is 22.8 Å². The molecule has 0 radical (unpaired) electrons. The number of imide groups is 1. The van der Waals surface area contributed by atoms with Crippen molar-refractivity contribution in [3.63, 3.8) is 0 Å². The van der Waals surface area contributed by atoms with E-state index in [0.29, 0.717) is 5.92 Å². The van der Waals surface area contributed by atoms with Gasteiger partial charge >= 0.3 is 6.09 Å². The largest absolute Gasteiger partial charge is 0.446 e. The van der Waals surface area contributed by atoms with Crippen molar-refractivity contribution in [1.82, 2.24) is 4.90 Å². The smallest absolute Gasteiger partial charge is 0.417 e. The Labute approximate surface area is 171 Å². The fourth-order valence-electron chi connectivity index (χ4n) is 6.35. The van der Waals surface area contributed by atoms with Crippen LogP contribution < -0.4 is 0 Å². The lowest BCUT2D eigenvalue weighted by molar-refractivity contribution is -0.154. The summed E-state index contributed by atoms with van der Waals surface area (Å²) in [5.41, 5.74) is 0.0632. The van der Waals surface area contributed by atoms with Crippen LogP contribution in [0, 0.1) is 16.7 Å². The molecule has 0 spiro atoms. The quantitative estimate of drug-likeness (QED) is 0.758. The van der Waals surface area contributed by atoms with Crippen LogP contribution in [0.1, 0.15) is 44.7 Å². The average molecular weight is 393 g/mol. The van der Waals surface area contributed by atoms with Gasteiger partial charge in [-0.2, -0.15) is 0 Å². The van der Waals surface area contributed by atoms with Crippen molar-refractivity contribution in [3.8, 4) is 0 Å². The molecule has 3 fully saturated rings. The van der Waals surface area contributed by atoms with E-state index in [2.05, 4.69) is 13.8 Å². The first-order valence-electron chi connectivity index (χ1n) is 10.4. The van der Waals surface area contributed by atoms with E-state index in [4.69, 9.17) is 9.47 Å². The van der Waals surface area contributed by atoms with Gasteiger partial charge in [0.05, 0.1) is 11.5 Å². The van der Waals surface area contributed by atoms with Gasteiger partial charge < -0.3 is 9.47 Å². The van der Waals surface area contributed by atoms with Crippen molar-refractivity contribution in [3.05, 3.63) is 48.0 Å². The highest BCUT2D eigenvalue weighted by Crippen LogP contribution is 2.67. The maximum Gasteiger partial charge on any atom is 0.417 e. The van der Waals surface area contributed by atoms with E-state index in [1.54, 1.807) is 7.11 Å². The van der Waals surface area contributed by atoms with E-state index in [1.807, 2.05) is 42.5 Å². The van der Waals surface area contributed by atoms with Gasteiger partial charge in [0.25, 0.3) is 0 Å². The fraction of sp³-hybridized carbons (Fsp3) is 0.500. The number of rotatable bonds is 3. The lowest BCUT2D eigenvalue weighted by Gasteiger charge is -2.42. The first-order valence-corrected chi connectivity index (χ1v) is 10.4. The number of nitrogens with zero attached hydrogens (tertiary/aromatic N) is 1. The molecule has 1 aliphatic heterocycles. The first-order chi connectivity index (χ1) is 13.9. The summed E-state index contributed by atoms with van der Waals surface area (Å²) in [4.78, 5) is 28.3. The molecule has 2 bridgehead atoms. The molecule has 5 nitrogen and oxygen atoms in total. The molecule has 1 heterocycles. The summed E-state index contributed by atoms with van der Waals surface area (Å²) in [5, 5.41) is 2.14. The second-order valence-corrected chi connectivity index (χ2v) is 9.22. The van der Waals surface area contributed by atoms with Crippen LogP contribution in [0.3, 0.4) is 0 Å². The Balaban J connectivity index is 1.61. The molecule has 2 saturated carbocycles. The Morgan fingerprint density at radius 2 is 1.93 bits per heavy atom. The van der Waals surface area contributed by atoms with Crippen LogP contribution >= 0.6 is 0 Å². The summed E-state index contributed by atoms with van der Waals surface area (Å²) >= 11 is 0. The fourth-order valence-corrected chi connectivity index (χ4v) is 6.35. The Kier molecular flexibility index (Phi) is 4.04. The lowest BCUT2D eigenvalue weighted by atomic mass is 9.67. The van der Waals surface area contributed by atoms with Crippen LogP contribution in [-0.2, 0) is 14.3 Å². The van der Waals surface area contributed by atoms with Gasteiger partial charge in [-0.25, -0.2) is 9.69 Å². The Hall–Kier alpha value is -2.40. The second kappa shape index (κ2) is 6.30. The van der Waals surface area contributed by atoms with Crippen molar-refractivity contribution in [1.29, 1.82) is 0 Å². The van der Waals surface area contributed by atoms with E-state index < -0.39 is 17.6 Å². The molecular weight excluding hydrogens is 366 g/mol. The van der Waals surface area contributed by atoms with Crippen molar-refractivity contribution < 1.29 is 19.1 Å². The van der Waals surface area contributed by atoms with Gasteiger partial charge in [0.15, 0.2) is 0 Å². The molecule has 0 unspecified atom stereocenters. The zero-order valence-electron chi connectivity index (χ0n) is 17.2. The summed E-state index contributed by atoms with van der Waals surface area (Å²) in [5.74, 6) is 0.306. The van der Waals surface area contributed by atoms with E-state index in [9.17, 15) is 9.59 Å². The van der Waals surface area contributed by atoms with Crippen molar-refractivity contribution in [2.75, 3.05) is 13.7 Å². The number of hydrogen-bond donors (Lipinski definition) is 0. The number of ether oxygens (including phenoxy) is 2. The van der Waals surface area contributed by atoms with Gasteiger partial charge in [-0.1, -0.05) is 56.3 Å². The van der Waals surface area contributed by atoms with Gasteiger partial charge in [-0.05, 0) is 46.9 Å². The Morgan fingerprint density at radius 1 is 1.17 bits per heavy atom. The highest BCUT2D eigenvalue weighted by atomic mass is 16.6. The number of hydrogen-bond acceptors (Lipinski definition) is 4. The molecule has 152 valence electrons. The van der Waals surface area contributed by atoms with Crippen LogP contribution in [0.25, 0.3) is 10.8 Å². The minimum absolute atomic E-state index is 0.130. The topological polar surface area (TPSA) is 55.8 Å². The number of benzene rings is 2. The summed E-state index contributed by atoms with van der Waals surface area (Å²) in [6.07, 6.45) is 1.93. The normalized spacial score (nSPS) is 32.7. The molecule has 0 N–H and O–H groups in total. The highest BCUT2D eigenvalue weighted by Gasteiger charge is 2.70. The molecular formula is C24H27NO4.